The van der Waals surface area contributed by atoms with Gasteiger partial charge in [-0.2, -0.15) is 5.10 Å². The van der Waals surface area contributed by atoms with Crippen LogP contribution in [0.5, 0.6) is 5.75 Å². The predicted molar refractivity (Wildman–Crippen MR) is 97.0 cm³/mol. The largest absolute Gasteiger partial charge is 0.484 e. The lowest BCUT2D eigenvalue weighted by Crippen LogP contribution is -2.50. The molecule has 0 bridgehead atoms. The molecule has 0 aliphatic carbocycles. The van der Waals surface area contributed by atoms with Crippen LogP contribution < -0.4 is 9.64 Å². The molecule has 0 unspecified atom stereocenters. The number of benzene rings is 1. The molecule has 1 amide bonds. The number of hydrogen-bond acceptors (Lipinski definition) is 5. The first-order chi connectivity index (χ1) is 12.0. The van der Waals surface area contributed by atoms with Gasteiger partial charge in [0.1, 0.15) is 5.75 Å². The average molecular weight is 340 g/mol. The number of rotatable bonds is 4. The Hall–Kier alpha value is -2.63. The van der Waals surface area contributed by atoms with Crippen molar-refractivity contribution >= 4 is 11.7 Å². The minimum absolute atomic E-state index is 0.0223. The summed E-state index contributed by atoms with van der Waals surface area (Å²) < 4.78 is 5.68. The summed E-state index contributed by atoms with van der Waals surface area (Å²) in [5.74, 6) is 1.65. The molecule has 25 heavy (non-hydrogen) atoms. The molecule has 3 rings (SSSR count). The number of aryl methyl sites for hydroxylation is 3. The number of carbonyl (C=O) groups is 1. The van der Waals surface area contributed by atoms with Gasteiger partial charge in [-0.15, -0.1) is 5.10 Å². The molecule has 6 nitrogen and oxygen atoms in total. The third kappa shape index (κ3) is 4.47. The first-order valence-corrected chi connectivity index (χ1v) is 8.54. The molecule has 1 aliphatic heterocycles. The Morgan fingerprint density at radius 3 is 2.32 bits per heavy atom. The van der Waals surface area contributed by atoms with Crippen LogP contribution >= 0.6 is 0 Å². The molecule has 0 N–H and O–H groups in total. The SMILES string of the molecule is Cc1cc(C)cc(OCC(=O)N2CCN(c3cc(C)cnn3)CC2)c1. The van der Waals surface area contributed by atoms with Crippen LogP contribution in [-0.2, 0) is 4.79 Å². The van der Waals surface area contributed by atoms with Crippen molar-refractivity contribution in [3.05, 3.63) is 47.2 Å². The summed E-state index contributed by atoms with van der Waals surface area (Å²) in [5, 5.41) is 8.17. The average Bonchev–Trinajstić information content (AvgIpc) is 2.59. The Balaban J connectivity index is 1.51. The number of piperazine rings is 1. The van der Waals surface area contributed by atoms with Crippen LogP contribution in [0.4, 0.5) is 5.82 Å². The molecular weight excluding hydrogens is 316 g/mol. The van der Waals surface area contributed by atoms with Crippen LogP contribution in [0, 0.1) is 20.8 Å². The quantitative estimate of drug-likeness (QED) is 0.853. The van der Waals surface area contributed by atoms with Crippen LogP contribution in [0.25, 0.3) is 0 Å². The molecule has 132 valence electrons. The number of ether oxygens (including phenoxy) is 1. The van der Waals surface area contributed by atoms with Crippen LogP contribution in [-0.4, -0.2) is 53.8 Å². The first-order valence-electron chi connectivity index (χ1n) is 8.54. The fourth-order valence-corrected chi connectivity index (χ4v) is 3.04. The number of amides is 1. The highest BCUT2D eigenvalue weighted by molar-refractivity contribution is 5.78. The third-order valence-corrected chi connectivity index (χ3v) is 4.29. The van der Waals surface area contributed by atoms with E-state index in [-0.39, 0.29) is 12.5 Å². The summed E-state index contributed by atoms with van der Waals surface area (Å²) in [6.07, 6.45) is 1.74. The second kappa shape index (κ2) is 7.51. The molecular formula is C19H24N4O2. The van der Waals surface area contributed by atoms with Gasteiger partial charge in [-0.3, -0.25) is 4.79 Å². The van der Waals surface area contributed by atoms with E-state index in [1.807, 2.05) is 43.9 Å². The highest BCUT2D eigenvalue weighted by Gasteiger charge is 2.22. The Morgan fingerprint density at radius 2 is 1.68 bits per heavy atom. The minimum Gasteiger partial charge on any atom is -0.484 e. The summed E-state index contributed by atoms with van der Waals surface area (Å²) in [5.41, 5.74) is 3.36. The maximum atomic E-state index is 12.4. The van der Waals surface area contributed by atoms with Crippen LogP contribution in [0.15, 0.2) is 30.5 Å². The molecule has 1 aliphatic rings. The fourth-order valence-electron chi connectivity index (χ4n) is 3.04. The molecule has 0 atom stereocenters. The van der Waals surface area contributed by atoms with Gasteiger partial charge in [0.05, 0.1) is 6.20 Å². The van der Waals surface area contributed by atoms with E-state index >= 15 is 0 Å². The Labute approximate surface area is 148 Å². The molecule has 0 radical (unpaired) electrons. The Bertz CT molecular complexity index is 735. The van der Waals surface area contributed by atoms with Gasteiger partial charge in [-0.1, -0.05) is 6.07 Å². The third-order valence-electron chi connectivity index (χ3n) is 4.29. The number of carbonyl (C=O) groups excluding carboxylic acids is 1. The molecule has 6 heteroatoms. The maximum absolute atomic E-state index is 12.4. The highest BCUT2D eigenvalue weighted by Crippen LogP contribution is 2.17. The minimum atomic E-state index is 0.0223. The molecule has 1 aromatic heterocycles. The van der Waals surface area contributed by atoms with Crippen molar-refractivity contribution in [2.24, 2.45) is 0 Å². The van der Waals surface area contributed by atoms with E-state index in [0.29, 0.717) is 13.1 Å². The van der Waals surface area contributed by atoms with Gasteiger partial charge in [0.15, 0.2) is 12.4 Å². The number of anilines is 1. The fraction of sp³-hybridized carbons (Fsp3) is 0.421. The van der Waals surface area contributed by atoms with E-state index in [1.54, 1.807) is 6.20 Å². The van der Waals surface area contributed by atoms with E-state index in [2.05, 4.69) is 21.2 Å². The molecule has 2 aromatic rings. The summed E-state index contributed by atoms with van der Waals surface area (Å²) in [6, 6.07) is 8.01. The van der Waals surface area contributed by atoms with E-state index in [0.717, 1.165) is 41.3 Å². The number of aromatic nitrogens is 2. The summed E-state index contributed by atoms with van der Waals surface area (Å²) in [4.78, 5) is 16.4. The van der Waals surface area contributed by atoms with Crippen molar-refractivity contribution in [1.82, 2.24) is 15.1 Å². The number of hydrogen-bond donors (Lipinski definition) is 0. The van der Waals surface area contributed by atoms with Gasteiger partial charge in [-0.05, 0) is 55.7 Å². The lowest BCUT2D eigenvalue weighted by atomic mass is 10.1. The summed E-state index contributed by atoms with van der Waals surface area (Å²) in [7, 11) is 0. The predicted octanol–water partition coefficient (Wildman–Crippen LogP) is 2.13. The molecule has 1 saturated heterocycles. The van der Waals surface area contributed by atoms with Crippen LogP contribution in [0.3, 0.4) is 0 Å². The zero-order valence-electron chi connectivity index (χ0n) is 15.0. The van der Waals surface area contributed by atoms with Crippen LogP contribution in [0.2, 0.25) is 0 Å². The molecule has 0 saturated carbocycles. The summed E-state index contributed by atoms with van der Waals surface area (Å²) >= 11 is 0. The molecule has 1 aromatic carbocycles. The maximum Gasteiger partial charge on any atom is 0.260 e. The van der Waals surface area contributed by atoms with Gasteiger partial charge in [0.25, 0.3) is 5.91 Å². The summed E-state index contributed by atoms with van der Waals surface area (Å²) in [6.45, 7) is 8.98. The van der Waals surface area contributed by atoms with Crippen molar-refractivity contribution in [2.45, 2.75) is 20.8 Å². The van der Waals surface area contributed by atoms with Crippen molar-refractivity contribution in [2.75, 3.05) is 37.7 Å². The molecule has 1 fully saturated rings. The second-order valence-corrected chi connectivity index (χ2v) is 6.57. The van der Waals surface area contributed by atoms with Crippen molar-refractivity contribution in [3.63, 3.8) is 0 Å². The smallest absolute Gasteiger partial charge is 0.260 e. The lowest BCUT2D eigenvalue weighted by molar-refractivity contribution is -0.133. The zero-order chi connectivity index (χ0) is 17.8. The second-order valence-electron chi connectivity index (χ2n) is 6.57. The first kappa shape index (κ1) is 17.2. The zero-order valence-corrected chi connectivity index (χ0v) is 15.0. The standard InChI is InChI=1S/C19H24N4O2/c1-14-8-15(2)10-17(9-14)25-13-19(24)23-6-4-22(5-7-23)18-11-16(3)12-20-21-18/h8-12H,4-7,13H2,1-3H3. The molecule has 2 heterocycles. The van der Waals surface area contributed by atoms with Gasteiger partial charge < -0.3 is 14.5 Å². The number of nitrogens with zero attached hydrogens (tertiary/aromatic N) is 4. The van der Waals surface area contributed by atoms with Gasteiger partial charge in [0, 0.05) is 26.2 Å². The topological polar surface area (TPSA) is 58.6 Å². The molecule has 0 spiro atoms. The van der Waals surface area contributed by atoms with Gasteiger partial charge >= 0.3 is 0 Å². The Kier molecular flexibility index (Phi) is 5.16. The van der Waals surface area contributed by atoms with Gasteiger partial charge in [0.2, 0.25) is 0 Å². The monoisotopic (exact) mass is 340 g/mol. The van der Waals surface area contributed by atoms with E-state index in [4.69, 9.17) is 4.74 Å². The van der Waals surface area contributed by atoms with Crippen LogP contribution in [0.1, 0.15) is 16.7 Å². The van der Waals surface area contributed by atoms with Gasteiger partial charge in [-0.25, -0.2) is 0 Å². The van der Waals surface area contributed by atoms with Crippen molar-refractivity contribution in [3.8, 4) is 5.75 Å². The van der Waals surface area contributed by atoms with Crippen molar-refractivity contribution < 1.29 is 9.53 Å². The van der Waals surface area contributed by atoms with E-state index in [1.165, 1.54) is 0 Å². The van der Waals surface area contributed by atoms with E-state index in [9.17, 15) is 4.79 Å². The lowest BCUT2D eigenvalue weighted by Gasteiger charge is -2.35. The van der Waals surface area contributed by atoms with E-state index < -0.39 is 0 Å². The Morgan fingerprint density at radius 1 is 1.00 bits per heavy atom. The van der Waals surface area contributed by atoms with Crippen molar-refractivity contribution in [1.29, 1.82) is 0 Å². The normalized spacial score (nSPS) is 14.5. The highest BCUT2D eigenvalue weighted by atomic mass is 16.5.